The highest BCUT2D eigenvalue weighted by Gasteiger charge is 2.07. The molecule has 33 heavy (non-hydrogen) atoms. The molecule has 1 amide bonds. The van der Waals surface area contributed by atoms with Crippen LogP contribution in [-0.2, 0) is 11.2 Å². The van der Waals surface area contributed by atoms with Crippen molar-refractivity contribution in [2.75, 3.05) is 16.0 Å². The van der Waals surface area contributed by atoms with Gasteiger partial charge >= 0.3 is 0 Å². The Labute approximate surface area is 191 Å². The van der Waals surface area contributed by atoms with Gasteiger partial charge in [-0.2, -0.15) is 4.98 Å². The predicted octanol–water partition coefficient (Wildman–Crippen LogP) is 5.90. The van der Waals surface area contributed by atoms with E-state index in [1.54, 1.807) is 24.3 Å². The standard InChI is InChI=1S/C26H24FN5O/c1-17-3-9-21(10-4-17)29-24-15-18(2)28-26(32-24)31-23-13-11-22(12-14-23)30-25(33)16-19-5-7-20(27)8-6-19/h3-15H,16H2,1-2H3,(H,30,33)(H2,28,29,31,32). The maximum atomic E-state index is 13.0. The van der Waals surface area contributed by atoms with Gasteiger partial charge in [0.05, 0.1) is 6.42 Å². The number of nitrogens with one attached hydrogen (secondary N) is 3. The molecule has 3 aromatic carbocycles. The molecule has 4 rings (SSSR count). The zero-order valence-corrected chi connectivity index (χ0v) is 18.4. The van der Waals surface area contributed by atoms with Gasteiger partial charge in [-0.05, 0) is 67.9 Å². The van der Waals surface area contributed by atoms with E-state index in [0.29, 0.717) is 17.5 Å². The summed E-state index contributed by atoms with van der Waals surface area (Å²) in [6.07, 6.45) is 0.175. The summed E-state index contributed by atoms with van der Waals surface area (Å²) in [7, 11) is 0. The van der Waals surface area contributed by atoms with Gasteiger partial charge in [0.15, 0.2) is 0 Å². The van der Waals surface area contributed by atoms with E-state index in [1.807, 2.05) is 56.3 Å². The van der Waals surface area contributed by atoms with Gasteiger partial charge in [0.1, 0.15) is 11.6 Å². The van der Waals surface area contributed by atoms with Crippen molar-refractivity contribution < 1.29 is 9.18 Å². The highest BCUT2D eigenvalue weighted by molar-refractivity contribution is 5.92. The summed E-state index contributed by atoms with van der Waals surface area (Å²) in [5, 5.41) is 9.33. The van der Waals surface area contributed by atoms with Crippen molar-refractivity contribution in [1.29, 1.82) is 0 Å². The molecule has 0 spiro atoms. The van der Waals surface area contributed by atoms with Gasteiger partial charge in [0.25, 0.3) is 0 Å². The summed E-state index contributed by atoms with van der Waals surface area (Å²) in [6, 6.07) is 23.1. The van der Waals surface area contributed by atoms with E-state index >= 15 is 0 Å². The van der Waals surface area contributed by atoms with Crippen LogP contribution in [0.4, 0.5) is 33.2 Å². The Kier molecular flexibility index (Phi) is 6.59. The van der Waals surface area contributed by atoms with Crippen molar-refractivity contribution in [2.45, 2.75) is 20.3 Å². The second-order valence-corrected chi connectivity index (χ2v) is 7.76. The van der Waals surface area contributed by atoms with Gasteiger partial charge in [0.2, 0.25) is 11.9 Å². The lowest BCUT2D eigenvalue weighted by molar-refractivity contribution is -0.115. The summed E-state index contributed by atoms with van der Waals surface area (Å²) < 4.78 is 13.0. The van der Waals surface area contributed by atoms with Crippen LogP contribution in [0.15, 0.2) is 78.9 Å². The van der Waals surface area contributed by atoms with Gasteiger partial charge in [0, 0.05) is 28.8 Å². The van der Waals surface area contributed by atoms with E-state index in [0.717, 1.165) is 22.6 Å². The molecular weight excluding hydrogens is 417 g/mol. The number of carbonyl (C=O) groups excluding carboxylic acids is 1. The van der Waals surface area contributed by atoms with Crippen LogP contribution >= 0.6 is 0 Å². The van der Waals surface area contributed by atoms with Crippen LogP contribution in [0.3, 0.4) is 0 Å². The first-order valence-corrected chi connectivity index (χ1v) is 10.5. The molecule has 7 heteroatoms. The van der Waals surface area contributed by atoms with Crippen LogP contribution in [0.25, 0.3) is 0 Å². The van der Waals surface area contributed by atoms with Gasteiger partial charge in [-0.15, -0.1) is 0 Å². The largest absolute Gasteiger partial charge is 0.340 e. The third-order valence-corrected chi connectivity index (χ3v) is 4.88. The molecule has 1 aromatic heterocycles. The highest BCUT2D eigenvalue weighted by atomic mass is 19.1. The van der Waals surface area contributed by atoms with E-state index in [-0.39, 0.29) is 18.1 Å². The Bertz CT molecular complexity index is 1240. The second kappa shape index (κ2) is 9.91. The molecular formula is C26H24FN5O. The molecule has 1 heterocycles. The van der Waals surface area contributed by atoms with Gasteiger partial charge in [-0.25, -0.2) is 9.37 Å². The van der Waals surface area contributed by atoms with E-state index in [1.165, 1.54) is 17.7 Å². The molecule has 0 radical (unpaired) electrons. The third kappa shape index (κ3) is 6.36. The Morgan fingerprint density at radius 2 is 1.39 bits per heavy atom. The molecule has 0 unspecified atom stereocenters. The fraction of sp³-hybridized carbons (Fsp3) is 0.115. The summed E-state index contributed by atoms with van der Waals surface area (Å²) in [4.78, 5) is 21.2. The smallest absolute Gasteiger partial charge is 0.229 e. The Morgan fingerprint density at radius 3 is 2.09 bits per heavy atom. The van der Waals surface area contributed by atoms with E-state index < -0.39 is 0 Å². The van der Waals surface area contributed by atoms with E-state index in [4.69, 9.17) is 0 Å². The lowest BCUT2D eigenvalue weighted by atomic mass is 10.1. The van der Waals surface area contributed by atoms with E-state index in [2.05, 4.69) is 25.9 Å². The Morgan fingerprint density at radius 1 is 0.788 bits per heavy atom. The molecule has 0 saturated heterocycles. The number of nitrogens with zero attached hydrogens (tertiary/aromatic N) is 2. The average molecular weight is 442 g/mol. The number of aromatic nitrogens is 2. The lowest BCUT2D eigenvalue weighted by Crippen LogP contribution is -2.14. The Hall–Kier alpha value is -4.26. The molecule has 3 N–H and O–H groups in total. The molecule has 0 fully saturated rings. The maximum Gasteiger partial charge on any atom is 0.229 e. The van der Waals surface area contributed by atoms with E-state index in [9.17, 15) is 9.18 Å². The average Bonchev–Trinajstić information content (AvgIpc) is 2.78. The molecule has 4 aromatic rings. The number of hydrogen-bond donors (Lipinski definition) is 3. The summed E-state index contributed by atoms with van der Waals surface area (Å²) >= 11 is 0. The van der Waals surface area contributed by atoms with Gasteiger partial charge < -0.3 is 16.0 Å². The Balaban J connectivity index is 1.38. The number of benzene rings is 3. The van der Waals surface area contributed by atoms with Crippen LogP contribution in [0.2, 0.25) is 0 Å². The first-order chi connectivity index (χ1) is 15.9. The third-order valence-electron chi connectivity index (χ3n) is 4.88. The first-order valence-electron chi connectivity index (χ1n) is 10.5. The lowest BCUT2D eigenvalue weighted by Gasteiger charge is -2.11. The molecule has 0 bridgehead atoms. The molecule has 0 saturated carbocycles. The molecule has 6 nitrogen and oxygen atoms in total. The topological polar surface area (TPSA) is 78.9 Å². The fourth-order valence-corrected chi connectivity index (χ4v) is 3.23. The van der Waals surface area contributed by atoms with Crippen molar-refractivity contribution >= 4 is 34.7 Å². The van der Waals surface area contributed by atoms with Crippen molar-refractivity contribution in [3.8, 4) is 0 Å². The SMILES string of the molecule is Cc1ccc(Nc2cc(C)nc(Nc3ccc(NC(=O)Cc4ccc(F)cc4)cc3)n2)cc1. The minimum atomic E-state index is -0.321. The normalized spacial score (nSPS) is 10.5. The van der Waals surface area contributed by atoms with Gasteiger partial charge in [-0.1, -0.05) is 29.8 Å². The number of anilines is 5. The number of halogens is 1. The number of aryl methyl sites for hydroxylation is 2. The zero-order chi connectivity index (χ0) is 23.2. The van der Waals surface area contributed by atoms with Crippen LogP contribution in [0.5, 0.6) is 0 Å². The minimum Gasteiger partial charge on any atom is -0.340 e. The number of rotatable bonds is 7. The molecule has 0 atom stereocenters. The van der Waals surface area contributed by atoms with Crippen molar-refractivity contribution in [3.05, 3.63) is 102 Å². The quantitative estimate of drug-likeness (QED) is 0.333. The summed E-state index contributed by atoms with van der Waals surface area (Å²) in [5.74, 6) is 0.672. The van der Waals surface area contributed by atoms with Crippen LogP contribution < -0.4 is 16.0 Å². The molecule has 0 aliphatic rings. The fourth-order valence-electron chi connectivity index (χ4n) is 3.23. The molecule has 166 valence electrons. The monoisotopic (exact) mass is 441 g/mol. The van der Waals surface area contributed by atoms with Crippen LogP contribution in [0, 0.1) is 19.7 Å². The van der Waals surface area contributed by atoms with Crippen molar-refractivity contribution in [1.82, 2.24) is 9.97 Å². The highest BCUT2D eigenvalue weighted by Crippen LogP contribution is 2.21. The zero-order valence-electron chi connectivity index (χ0n) is 18.4. The first kappa shape index (κ1) is 22.0. The number of carbonyl (C=O) groups is 1. The predicted molar refractivity (Wildman–Crippen MR) is 130 cm³/mol. The molecule has 0 aliphatic carbocycles. The number of amides is 1. The van der Waals surface area contributed by atoms with Crippen LogP contribution in [-0.4, -0.2) is 15.9 Å². The van der Waals surface area contributed by atoms with Crippen LogP contribution in [0.1, 0.15) is 16.8 Å². The second-order valence-electron chi connectivity index (χ2n) is 7.76. The minimum absolute atomic E-state index is 0.170. The van der Waals surface area contributed by atoms with Gasteiger partial charge in [-0.3, -0.25) is 4.79 Å². The maximum absolute atomic E-state index is 13.0. The number of hydrogen-bond acceptors (Lipinski definition) is 5. The summed E-state index contributed by atoms with van der Waals surface area (Å²) in [6.45, 7) is 3.95. The molecule has 0 aliphatic heterocycles. The summed E-state index contributed by atoms with van der Waals surface area (Å²) in [5.41, 5.74) is 5.17. The van der Waals surface area contributed by atoms with Crippen molar-refractivity contribution in [3.63, 3.8) is 0 Å². The van der Waals surface area contributed by atoms with Crippen molar-refractivity contribution in [2.24, 2.45) is 0 Å².